The fourth-order valence-electron chi connectivity index (χ4n) is 2.33. The highest BCUT2D eigenvalue weighted by Crippen LogP contribution is 2.28. The summed E-state index contributed by atoms with van der Waals surface area (Å²) in [5.41, 5.74) is 3.26. The van der Waals surface area contributed by atoms with Gasteiger partial charge >= 0.3 is 0 Å². The fraction of sp³-hybridized carbons (Fsp3) is 0.333. The molecule has 0 fully saturated rings. The van der Waals surface area contributed by atoms with Gasteiger partial charge in [-0.3, -0.25) is 4.79 Å². The first-order chi connectivity index (χ1) is 13.4. The van der Waals surface area contributed by atoms with Crippen molar-refractivity contribution in [2.45, 2.75) is 20.3 Å². The van der Waals surface area contributed by atoms with Crippen molar-refractivity contribution >= 4 is 12.1 Å². The van der Waals surface area contributed by atoms with Crippen LogP contribution in [0.1, 0.15) is 36.2 Å². The van der Waals surface area contributed by atoms with Gasteiger partial charge in [0.25, 0.3) is 5.91 Å². The molecule has 0 aliphatic rings. The second kappa shape index (κ2) is 10.3. The van der Waals surface area contributed by atoms with E-state index < -0.39 is 11.7 Å². The predicted octanol–water partition coefficient (Wildman–Crippen LogP) is 4.03. The van der Waals surface area contributed by atoms with Gasteiger partial charge in [0, 0.05) is 5.56 Å². The SMILES string of the molecule is COc1ccc(/C=N\NC(=O)c2ccc(OCCC(C)C)c(OC)c2)cc1F. The van der Waals surface area contributed by atoms with Crippen molar-refractivity contribution in [2.75, 3.05) is 20.8 Å². The molecule has 0 saturated heterocycles. The average molecular weight is 388 g/mol. The largest absolute Gasteiger partial charge is 0.494 e. The molecule has 28 heavy (non-hydrogen) atoms. The average Bonchev–Trinajstić information content (AvgIpc) is 2.68. The summed E-state index contributed by atoms with van der Waals surface area (Å²) in [6.45, 7) is 4.81. The molecule has 0 unspecified atom stereocenters. The van der Waals surface area contributed by atoms with Crippen LogP contribution >= 0.6 is 0 Å². The van der Waals surface area contributed by atoms with Gasteiger partial charge in [-0.05, 0) is 54.3 Å². The second-order valence-electron chi connectivity index (χ2n) is 6.49. The number of benzene rings is 2. The standard InChI is InChI=1S/C21H25FN2O4/c1-14(2)9-10-28-19-8-6-16(12-20(19)27-4)21(25)24-23-13-15-5-7-18(26-3)17(22)11-15/h5-8,11-14H,9-10H2,1-4H3,(H,24,25)/b23-13-. The minimum Gasteiger partial charge on any atom is -0.494 e. The molecule has 1 amide bonds. The number of nitrogens with one attached hydrogen (secondary N) is 1. The number of hydrogen-bond donors (Lipinski definition) is 1. The summed E-state index contributed by atoms with van der Waals surface area (Å²) >= 11 is 0. The lowest BCUT2D eigenvalue weighted by molar-refractivity contribution is 0.0954. The number of methoxy groups -OCH3 is 2. The topological polar surface area (TPSA) is 69.2 Å². The maximum absolute atomic E-state index is 13.7. The maximum Gasteiger partial charge on any atom is 0.271 e. The van der Waals surface area contributed by atoms with Crippen LogP contribution in [-0.2, 0) is 0 Å². The molecular weight excluding hydrogens is 363 g/mol. The number of carbonyl (C=O) groups excluding carboxylic acids is 1. The Hall–Kier alpha value is -3.09. The minimum absolute atomic E-state index is 0.143. The van der Waals surface area contributed by atoms with E-state index in [9.17, 15) is 9.18 Å². The molecule has 0 bridgehead atoms. The number of rotatable bonds is 9. The smallest absolute Gasteiger partial charge is 0.271 e. The highest BCUT2D eigenvalue weighted by atomic mass is 19.1. The van der Waals surface area contributed by atoms with E-state index in [-0.39, 0.29) is 5.75 Å². The van der Waals surface area contributed by atoms with E-state index >= 15 is 0 Å². The molecule has 6 nitrogen and oxygen atoms in total. The van der Waals surface area contributed by atoms with E-state index in [2.05, 4.69) is 24.4 Å². The Balaban J connectivity index is 2.00. The summed E-state index contributed by atoms with van der Waals surface area (Å²) < 4.78 is 29.5. The van der Waals surface area contributed by atoms with Crippen LogP contribution < -0.4 is 19.6 Å². The van der Waals surface area contributed by atoms with Gasteiger partial charge in [-0.25, -0.2) is 9.82 Å². The van der Waals surface area contributed by atoms with Crippen LogP contribution in [0.25, 0.3) is 0 Å². The van der Waals surface area contributed by atoms with Gasteiger partial charge in [0.15, 0.2) is 23.1 Å². The quantitative estimate of drug-likeness (QED) is 0.520. The van der Waals surface area contributed by atoms with Gasteiger partial charge in [0.1, 0.15) is 0 Å². The lowest BCUT2D eigenvalue weighted by Gasteiger charge is -2.12. The molecule has 0 spiro atoms. The lowest BCUT2D eigenvalue weighted by atomic mass is 10.1. The highest BCUT2D eigenvalue weighted by molar-refractivity contribution is 5.95. The van der Waals surface area contributed by atoms with Gasteiger partial charge in [-0.2, -0.15) is 5.10 Å². The van der Waals surface area contributed by atoms with Crippen molar-refractivity contribution in [3.63, 3.8) is 0 Å². The molecule has 0 heterocycles. The molecule has 0 aromatic heterocycles. The Kier molecular flexibility index (Phi) is 7.80. The van der Waals surface area contributed by atoms with Gasteiger partial charge in [0.2, 0.25) is 0 Å². The molecule has 7 heteroatoms. The van der Waals surface area contributed by atoms with Crippen LogP contribution in [0.5, 0.6) is 17.2 Å². The summed E-state index contributed by atoms with van der Waals surface area (Å²) in [6, 6.07) is 9.29. The summed E-state index contributed by atoms with van der Waals surface area (Å²) in [6.07, 6.45) is 2.27. The molecule has 0 aliphatic carbocycles. The first-order valence-corrected chi connectivity index (χ1v) is 8.92. The lowest BCUT2D eigenvalue weighted by Crippen LogP contribution is -2.17. The summed E-state index contributed by atoms with van der Waals surface area (Å²) in [5, 5.41) is 3.86. The zero-order valence-electron chi connectivity index (χ0n) is 16.5. The Morgan fingerprint density at radius 2 is 1.82 bits per heavy atom. The molecular formula is C21H25FN2O4. The Labute approximate surface area is 164 Å². The van der Waals surface area contributed by atoms with E-state index in [1.807, 2.05) is 0 Å². The third-order valence-electron chi connectivity index (χ3n) is 3.93. The van der Waals surface area contributed by atoms with Crippen LogP contribution in [0.3, 0.4) is 0 Å². The first kappa shape index (κ1) is 21.2. The summed E-state index contributed by atoms with van der Waals surface area (Å²) in [4.78, 5) is 12.3. The van der Waals surface area contributed by atoms with Crippen molar-refractivity contribution in [1.29, 1.82) is 0 Å². The second-order valence-corrected chi connectivity index (χ2v) is 6.49. The Bertz CT molecular complexity index is 837. The number of ether oxygens (including phenoxy) is 3. The molecule has 0 atom stereocenters. The molecule has 1 N–H and O–H groups in total. The van der Waals surface area contributed by atoms with Crippen molar-refractivity contribution in [3.05, 3.63) is 53.3 Å². The van der Waals surface area contributed by atoms with Crippen LogP contribution in [0.15, 0.2) is 41.5 Å². The van der Waals surface area contributed by atoms with Crippen molar-refractivity contribution in [2.24, 2.45) is 11.0 Å². The third-order valence-corrected chi connectivity index (χ3v) is 3.93. The molecule has 0 aliphatic heterocycles. The summed E-state index contributed by atoms with van der Waals surface area (Å²) in [7, 11) is 2.91. The zero-order chi connectivity index (χ0) is 20.5. The summed E-state index contributed by atoms with van der Waals surface area (Å²) in [5.74, 6) is 0.805. The molecule has 0 saturated carbocycles. The molecule has 2 rings (SSSR count). The van der Waals surface area contributed by atoms with E-state index in [0.29, 0.717) is 35.2 Å². The fourth-order valence-corrected chi connectivity index (χ4v) is 2.33. The van der Waals surface area contributed by atoms with Gasteiger partial charge < -0.3 is 14.2 Å². The number of hydrogen-bond acceptors (Lipinski definition) is 5. The van der Waals surface area contributed by atoms with Gasteiger partial charge in [0.05, 0.1) is 27.0 Å². The number of nitrogens with zero attached hydrogens (tertiary/aromatic N) is 1. The van der Waals surface area contributed by atoms with Crippen molar-refractivity contribution in [1.82, 2.24) is 5.43 Å². The normalized spacial score (nSPS) is 10.9. The maximum atomic E-state index is 13.7. The van der Waals surface area contributed by atoms with Crippen LogP contribution in [0.2, 0.25) is 0 Å². The molecule has 0 radical (unpaired) electrons. The van der Waals surface area contributed by atoms with E-state index in [0.717, 1.165) is 6.42 Å². The van der Waals surface area contributed by atoms with Crippen LogP contribution in [0, 0.1) is 11.7 Å². The molecule has 2 aromatic carbocycles. The number of carbonyl (C=O) groups is 1. The van der Waals surface area contributed by atoms with Crippen LogP contribution in [-0.4, -0.2) is 32.9 Å². The number of halogens is 1. The Morgan fingerprint density at radius 1 is 1.11 bits per heavy atom. The first-order valence-electron chi connectivity index (χ1n) is 8.92. The zero-order valence-corrected chi connectivity index (χ0v) is 16.5. The highest BCUT2D eigenvalue weighted by Gasteiger charge is 2.11. The minimum atomic E-state index is -0.504. The van der Waals surface area contributed by atoms with Crippen LogP contribution in [0.4, 0.5) is 4.39 Å². The number of amides is 1. The van der Waals surface area contributed by atoms with Gasteiger partial charge in [-0.1, -0.05) is 13.8 Å². The predicted molar refractivity (Wildman–Crippen MR) is 106 cm³/mol. The Morgan fingerprint density at radius 3 is 2.46 bits per heavy atom. The third kappa shape index (κ3) is 5.97. The number of hydrazone groups is 1. The monoisotopic (exact) mass is 388 g/mol. The molecule has 2 aromatic rings. The van der Waals surface area contributed by atoms with Crippen molar-refractivity contribution in [3.8, 4) is 17.2 Å². The molecule has 150 valence electrons. The van der Waals surface area contributed by atoms with E-state index in [1.54, 1.807) is 24.3 Å². The van der Waals surface area contributed by atoms with E-state index in [4.69, 9.17) is 14.2 Å². The van der Waals surface area contributed by atoms with Crippen molar-refractivity contribution < 1.29 is 23.4 Å². The van der Waals surface area contributed by atoms with Gasteiger partial charge in [-0.15, -0.1) is 0 Å². The van der Waals surface area contributed by atoms with E-state index in [1.165, 1.54) is 32.6 Å².